The summed E-state index contributed by atoms with van der Waals surface area (Å²) in [5, 5.41) is 10.9. The molecule has 0 aliphatic heterocycles. The molecule has 0 atom stereocenters. The van der Waals surface area contributed by atoms with Gasteiger partial charge in [0.25, 0.3) is 0 Å². The quantitative estimate of drug-likeness (QED) is 0.186. The van der Waals surface area contributed by atoms with E-state index >= 15 is 0 Å². The van der Waals surface area contributed by atoms with Crippen LogP contribution in [0.3, 0.4) is 0 Å². The van der Waals surface area contributed by atoms with Crippen molar-refractivity contribution >= 4 is 5.96 Å². The van der Waals surface area contributed by atoms with Gasteiger partial charge in [-0.15, -0.1) is 10.2 Å². The van der Waals surface area contributed by atoms with Gasteiger partial charge in [-0.2, -0.15) is 0 Å². The maximum Gasteiger partial charge on any atom is 0.205 e. The number of aryl methyl sites for hydroxylation is 1. The molecular weight excluding hydrogens is 234 g/mol. The van der Waals surface area contributed by atoms with E-state index in [-0.39, 0.29) is 0 Å². The van der Waals surface area contributed by atoms with Crippen LogP contribution in [0, 0.1) is 0 Å². The number of nitrogens with zero attached hydrogens (tertiary/aromatic N) is 4. The Balaban J connectivity index is 2.24. The average molecular weight is 255 g/mol. The molecule has 0 aromatic carbocycles. The van der Waals surface area contributed by atoms with Gasteiger partial charge in [0.1, 0.15) is 12.2 Å². The molecule has 8 nitrogen and oxygen atoms in total. The first-order valence-corrected chi connectivity index (χ1v) is 5.84. The Morgan fingerprint density at radius 3 is 3.06 bits per heavy atom. The van der Waals surface area contributed by atoms with E-state index < -0.39 is 0 Å². The molecule has 0 bridgehead atoms. The molecule has 1 aromatic heterocycles. The van der Waals surface area contributed by atoms with Crippen molar-refractivity contribution in [3.63, 3.8) is 0 Å². The van der Waals surface area contributed by atoms with Crippen LogP contribution in [0.25, 0.3) is 0 Å². The highest BCUT2D eigenvalue weighted by Gasteiger charge is 2.01. The number of hydrogen-bond donors (Lipinski definition) is 3. The SMILES string of the molecule is COCCCN=C(NN)NCCc1nncn1C. The molecule has 1 heterocycles. The summed E-state index contributed by atoms with van der Waals surface area (Å²) < 4.78 is 6.82. The van der Waals surface area contributed by atoms with Crippen LogP contribution in [-0.4, -0.2) is 47.5 Å². The Morgan fingerprint density at radius 2 is 2.44 bits per heavy atom. The third-order valence-electron chi connectivity index (χ3n) is 2.36. The molecule has 0 fully saturated rings. The molecule has 0 unspecified atom stereocenters. The molecule has 4 N–H and O–H groups in total. The van der Waals surface area contributed by atoms with Gasteiger partial charge in [0.2, 0.25) is 5.96 Å². The predicted molar refractivity (Wildman–Crippen MR) is 68.8 cm³/mol. The van der Waals surface area contributed by atoms with Crippen LogP contribution in [0.1, 0.15) is 12.2 Å². The van der Waals surface area contributed by atoms with Crippen LogP contribution in [0.2, 0.25) is 0 Å². The monoisotopic (exact) mass is 255 g/mol. The zero-order valence-corrected chi connectivity index (χ0v) is 10.9. The smallest absolute Gasteiger partial charge is 0.205 e. The molecule has 8 heteroatoms. The minimum absolute atomic E-state index is 0.577. The van der Waals surface area contributed by atoms with E-state index in [4.69, 9.17) is 10.6 Å². The minimum atomic E-state index is 0.577. The number of methoxy groups -OCH3 is 1. The second kappa shape index (κ2) is 8.43. The van der Waals surface area contributed by atoms with Crippen molar-refractivity contribution in [1.82, 2.24) is 25.5 Å². The first kappa shape index (κ1) is 14.4. The lowest BCUT2D eigenvalue weighted by Crippen LogP contribution is -2.42. The van der Waals surface area contributed by atoms with Crippen molar-refractivity contribution in [3.05, 3.63) is 12.2 Å². The first-order valence-electron chi connectivity index (χ1n) is 5.84. The molecule has 1 rings (SSSR count). The van der Waals surface area contributed by atoms with Gasteiger partial charge in [0, 0.05) is 40.3 Å². The van der Waals surface area contributed by atoms with Crippen molar-refractivity contribution in [2.24, 2.45) is 17.9 Å². The second-order valence-electron chi connectivity index (χ2n) is 3.76. The first-order chi connectivity index (χ1) is 8.77. The van der Waals surface area contributed by atoms with Crippen LogP contribution in [0.15, 0.2) is 11.3 Å². The van der Waals surface area contributed by atoms with Crippen LogP contribution in [-0.2, 0) is 18.2 Å². The van der Waals surface area contributed by atoms with E-state index in [1.54, 1.807) is 13.4 Å². The summed E-state index contributed by atoms with van der Waals surface area (Å²) in [6, 6.07) is 0. The van der Waals surface area contributed by atoms with Crippen molar-refractivity contribution in [2.75, 3.05) is 26.8 Å². The molecule has 0 radical (unpaired) electrons. The third kappa shape index (κ3) is 5.11. The van der Waals surface area contributed by atoms with E-state index in [2.05, 4.69) is 25.9 Å². The summed E-state index contributed by atoms with van der Waals surface area (Å²) >= 11 is 0. The fourth-order valence-corrected chi connectivity index (χ4v) is 1.38. The van der Waals surface area contributed by atoms with Crippen molar-refractivity contribution < 1.29 is 4.74 Å². The lowest BCUT2D eigenvalue weighted by molar-refractivity contribution is 0.197. The highest BCUT2D eigenvalue weighted by molar-refractivity contribution is 5.79. The molecule has 18 heavy (non-hydrogen) atoms. The highest BCUT2D eigenvalue weighted by atomic mass is 16.5. The number of hydrazine groups is 1. The predicted octanol–water partition coefficient (Wildman–Crippen LogP) is -1.20. The Morgan fingerprint density at radius 1 is 1.61 bits per heavy atom. The summed E-state index contributed by atoms with van der Waals surface area (Å²) in [7, 11) is 3.58. The largest absolute Gasteiger partial charge is 0.385 e. The lowest BCUT2D eigenvalue weighted by Gasteiger charge is -2.08. The fourth-order valence-electron chi connectivity index (χ4n) is 1.38. The summed E-state index contributed by atoms with van der Waals surface area (Å²) in [5.74, 6) is 6.86. The summed E-state index contributed by atoms with van der Waals surface area (Å²) in [6.07, 6.45) is 3.30. The maximum atomic E-state index is 5.37. The van der Waals surface area contributed by atoms with E-state index in [9.17, 15) is 0 Å². The molecular formula is C10H21N7O. The Hall–Kier alpha value is -1.67. The minimum Gasteiger partial charge on any atom is -0.385 e. The van der Waals surface area contributed by atoms with Crippen molar-refractivity contribution in [2.45, 2.75) is 12.8 Å². The van der Waals surface area contributed by atoms with Gasteiger partial charge >= 0.3 is 0 Å². The standard InChI is InChI=1S/C10H21N7O/c1-17-8-14-16-9(17)4-6-13-10(15-11)12-5-3-7-18-2/h8H,3-7,11H2,1-2H3,(H2,12,13,15). The molecule has 0 aliphatic rings. The van der Waals surface area contributed by atoms with E-state index in [1.807, 2.05) is 11.6 Å². The normalized spacial score (nSPS) is 11.6. The molecule has 1 aromatic rings. The molecule has 0 spiro atoms. The zero-order chi connectivity index (χ0) is 13.2. The molecule has 0 amide bonds. The number of nitrogens with two attached hydrogens (primary N) is 1. The number of aliphatic imine (C=N–C) groups is 1. The van der Waals surface area contributed by atoms with Crippen LogP contribution >= 0.6 is 0 Å². The Bertz CT molecular complexity index is 363. The van der Waals surface area contributed by atoms with Gasteiger partial charge in [0.15, 0.2) is 0 Å². The summed E-state index contributed by atoms with van der Waals surface area (Å²) in [4.78, 5) is 4.27. The number of aromatic nitrogens is 3. The maximum absolute atomic E-state index is 5.37. The number of ether oxygens (including phenoxy) is 1. The van der Waals surface area contributed by atoms with Gasteiger partial charge in [-0.25, -0.2) is 5.84 Å². The number of hydrogen-bond acceptors (Lipinski definition) is 5. The Kier molecular flexibility index (Phi) is 6.74. The second-order valence-corrected chi connectivity index (χ2v) is 3.76. The van der Waals surface area contributed by atoms with Gasteiger partial charge in [-0.3, -0.25) is 10.4 Å². The molecule has 0 aliphatic carbocycles. The van der Waals surface area contributed by atoms with Crippen molar-refractivity contribution in [1.29, 1.82) is 0 Å². The van der Waals surface area contributed by atoms with E-state index in [0.29, 0.717) is 25.7 Å². The highest BCUT2D eigenvalue weighted by Crippen LogP contribution is 1.91. The molecule has 0 saturated carbocycles. The number of guanidine groups is 1. The number of nitrogens with one attached hydrogen (secondary N) is 2. The summed E-state index contributed by atoms with van der Waals surface area (Å²) in [6.45, 7) is 2.06. The van der Waals surface area contributed by atoms with E-state index in [0.717, 1.165) is 18.7 Å². The molecule has 102 valence electrons. The van der Waals surface area contributed by atoms with E-state index in [1.165, 1.54) is 0 Å². The van der Waals surface area contributed by atoms with Crippen LogP contribution in [0.4, 0.5) is 0 Å². The Labute approximate surface area is 107 Å². The fraction of sp³-hybridized carbons (Fsp3) is 0.700. The van der Waals surface area contributed by atoms with Crippen LogP contribution in [0.5, 0.6) is 0 Å². The molecule has 0 saturated heterocycles. The lowest BCUT2D eigenvalue weighted by atomic mass is 10.4. The average Bonchev–Trinajstić information content (AvgIpc) is 2.78. The van der Waals surface area contributed by atoms with Gasteiger partial charge in [-0.05, 0) is 6.42 Å². The third-order valence-corrected chi connectivity index (χ3v) is 2.36. The topological polar surface area (TPSA) is 102 Å². The van der Waals surface area contributed by atoms with Gasteiger partial charge < -0.3 is 14.6 Å². The van der Waals surface area contributed by atoms with Gasteiger partial charge in [0.05, 0.1) is 0 Å². The van der Waals surface area contributed by atoms with Gasteiger partial charge in [-0.1, -0.05) is 0 Å². The van der Waals surface area contributed by atoms with Crippen LogP contribution < -0.4 is 16.6 Å². The number of rotatable bonds is 7. The summed E-state index contributed by atoms with van der Waals surface area (Å²) in [5.41, 5.74) is 2.53. The zero-order valence-electron chi connectivity index (χ0n) is 10.9. The van der Waals surface area contributed by atoms with Crippen molar-refractivity contribution in [3.8, 4) is 0 Å².